The molecular formula is C13H18F2N4O. The molecule has 4 N–H and O–H groups in total. The van der Waals surface area contributed by atoms with Crippen LogP contribution in [0.3, 0.4) is 0 Å². The predicted molar refractivity (Wildman–Crippen MR) is 72.6 cm³/mol. The zero-order valence-corrected chi connectivity index (χ0v) is 11.1. The van der Waals surface area contributed by atoms with Crippen LogP contribution in [0.4, 0.5) is 14.6 Å². The average Bonchev–Trinajstić information content (AvgIpc) is 2.83. The van der Waals surface area contributed by atoms with Crippen LogP contribution in [0.1, 0.15) is 23.2 Å². The number of aliphatic hydroxyl groups excluding tert-OH is 1. The van der Waals surface area contributed by atoms with Gasteiger partial charge in [0, 0.05) is 12.2 Å². The molecule has 1 aromatic rings. The highest BCUT2D eigenvalue weighted by atomic mass is 19.3. The Labute approximate surface area is 115 Å². The molecule has 0 aromatic carbocycles. The number of hydrogen-bond donors (Lipinski definition) is 3. The summed E-state index contributed by atoms with van der Waals surface area (Å²) in [6.45, 7) is -0.758. The van der Waals surface area contributed by atoms with Crippen LogP contribution >= 0.6 is 0 Å². The predicted octanol–water partition coefficient (Wildman–Crippen LogP) is 0.918. The van der Waals surface area contributed by atoms with Gasteiger partial charge in [0.05, 0.1) is 18.7 Å². The second-order valence-electron chi connectivity index (χ2n) is 4.79. The van der Waals surface area contributed by atoms with Crippen molar-refractivity contribution < 1.29 is 13.9 Å². The molecule has 5 nitrogen and oxygen atoms in total. The molecule has 20 heavy (non-hydrogen) atoms. The first-order chi connectivity index (χ1) is 9.52. The molecule has 0 radical (unpaired) electrons. The van der Waals surface area contributed by atoms with E-state index < -0.39 is 13.0 Å². The Hall–Kier alpha value is -1.76. The van der Waals surface area contributed by atoms with Crippen LogP contribution in [0, 0.1) is 5.41 Å². The van der Waals surface area contributed by atoms with E-state index in [2.05, 4.69) is 4.98 Å². The van der Waals surface area contributed by atoms with E-state index in [-0.39, 0.29) is 24.8 Å². The highest BCUT2D eigenvalue weighted by Crippen LogP contribution is 2.27. The Morgan fingerprint density at radius 2 is 2.25 bits per heavy atom. The summed E-state index contributed by atoms with van der Waals surface area (Å²) in [5.74, 6) is 0.0758. The maximum absolute atomic E-state index is 12.7. The number of hydrogen-bond acceptors (Lipinski definition) is 4. The van der Waals surface area contributed by atoms with Crippen molar-refractivity contribution in [3.63, 3.8) is 0 Å². The van der Waals surface area contributed by atoms with Crippen LogP contribution < -0.4 is 10.6 Å². The number of nitrogen functional groups attached to an aromatic ring is 1. The third-order valence-electron chi connectivity index (χ3n) is 3.35. The number of anilines is 1. The minimum atomic E-state index is -2.54. The fourth-order valence-corrected chi connectivity index (χ4v) is 2.47. The highest BCUT2D eigenvalue weighted by Gasteiger charge is 2.22. The molecule has 0 atom stereocenters. The first-order valence-corrected chi connectivity index (χ1v) is 6.54. The number of rotatable bonds is 6. The van der Waals surface area contributed by atoms with Crippen molar-refractivity contribution in [1.29, 1.82) is 5.41 Å². The van der Waals surface area contributed by atoms with Gasteiger partial charge in [0.15, 0.2) is 0 Å². The summed E-state index contributed by atoms with van der Waals surface area (Å²) in [6.07, 6.45) is 0.106. The Morgan fingerprint density at radius 3 is 2.85 bits per heavy atom. The lowest BCUT2D eigenvalue weighted by Crippen LogP contribution is -2.34. The molecule has 2 rings (SSSR count). The van der Waals surface area contributed by atoms with Crippen molar-refractivity contribution in [3.8, 4) is 0 Å². The van der Waals surface area contributed by atoms with Crippen LogP contribution in [-0.2, 0) is 12.8 Å². The van der Waals surface area contributed by atoms with Gasteiger partial charge in [-0.2, -0.15) is 0 Å². The van der Waals surface area contributed by atoms with Gasteiger partial charge in [0.25, 0.3) is 6.43 Å². The number of aromatic nitrogens is 1. The minimum absolute atomic E-state index is 0.0381. The fraction of sp³-hybridized carbons (Fsp3) is 0.538. The topological polar surface area (TPSA) is 86.2 Å². The molecule has 110 valence electrons. The van der Waals surface area contributed by atoms with Gasteiger partial charge in [-0.15, -0.1) is 0 Å². The van der Waals surface area contributed by atoms with Crippen molar-refractivity contribution in [2.45, 2.75) is 25.7 Å². The van der Waals surface area contributed by atoms with E-state index in [9.17, 15) is 8.78 Å². The first-order valence-electron chi connectivity index (χ1n) is 6.54. The lowest BCUT2D eigenvalue weighted by Gasteiger charge is -2.25. The van der Waals surface area contributed by atoms with Crippen LogP contribution in [0.15, 0.2) is 6.07 Å². The van der Waals surface area contributed by atoms with Gasteiger partial charge in [0.1, 0.15) is 11.7 Å². The second kappa shape index (κ2) is 6.13. The van der Waals surface area contributed by atoms with Crippen molar-refractivity contribution in [2.75, 3.05) is 24.6 Å². The van der Waals surface area contributed by atoms with E-state index in [1.54, 1.807) is 6.07 Å². The monoisotopic (exact) mass is 284 g/mol. The third kappa shape index (κ3) is 3.04. The van der Waals surface area contributed by atoms with Gasteiger partial charge in [-0.05, 0) is 30.9 Å². The summed E-state index contributed by atoms with van der Waals surface area (Å²) in [6, 6.07) is 1.77. The molecule has 1 heterocycles. The molecule has 1 aliphatic carbocycles. The first kappa shape index (κ1) is 14.6. The molecule has 0 amide bonds. The number of nitrogens with one attached hydrogen (secondary N) is 1. The number of halogens is 2. The van der Waals surface area contributed by atoms with E-state index in [1.807, 2.05) is 0 Å². The molecule has 7 heteroatoms. The van der Waals surface area contributed by atoms with Gasteiger partial charge in [-0.1, -0.05) is 0 Å². The number of amidine groups is 1. The molecule has 1 aromatic heterocycles. The summed E-state index contributed by atoms with van der Waals surface area (Å²) < 4.78 is 25.3. The van der Waals surface area contributed by atoms with Crippen molar-refractivity contribution in [2.24, 2.45) is 5.73 Å². The third-order valence-corrected chi connectivity index (χ3v) is 3.35. The lowest BCUT2D eigenvalue weighted by molar-refractivity contribution is 0.152. The minimum Gasteiger partial charge on any atom is -0.395 e. The van der Waals surface area contributed by atoms with Crippen molar-refractivity contribution in [1.82, 2.24) is 4.98 Å². The number of nitrogens with zero attached hydrogens (tertiary/aromatic N) is 2. The SMILES string of the molecule is N=C(N)c1cc2c(nc1N(CCO)CC(F)F)CCC2. The number of alkyl halides is 2. The van der Waals surface area contributed by atoms with Gasteiger partial charge < -0.3 is 15.7 Å². The number of nitrogens with two attached hydrogens (primary N) is 1. The normalized spacial score (nSPS) is 13.6. The number of pyridine rings is 1. The molecule has 0 aliphatic heterocycles. The van der Waals surface area contributed by atoms with Gasteiger partial charge in [0.2, 0.25) is 0 Å². The average molecular weight is 284 g/mol. The summed E-state index contributed by atoms with van der Waals surface area (Å²) in [4.78, 5) is 5.70. The summed E-state index contributed by atoms with van der Waals surface area (Å²) in [5, 5.41) is 16.6. The highest BCUT2D eigenvalue weighted by molar-refractivity contribution is 6.00. The Balaban J connectivity index is 2.43. The molecule has 0 fully saturated rings. The van der Waals surface area contributed by atoms with Crippen molar-refractivity contribution in [3.05, 3.63) is 22.9 Å². The van der Waals surface area contributed by atoms with Gasteiger partial charge in [-0.3, -0.25) is 5.41 Å². The van der Waals surface area contributed by atoms with E-state index in [0.717, 1.165) is 30.5 Å². The molecular weight excluding hydrogens is 266 g/mol. The largest absolute Gasteiger partial charge is 0.395 e. The lowest BCUT2D eigenvalue weighted by atomic mass is 10.1. The number of aryl methyl sites for hydroxylation is 2. The molecule has 0 saturated heterocycles. The van der Waals surface area contributed by atoms with Gasteiger partial charge >= 0.3 is 0 Å². The van der Waals surface area contributed by atoms with Crippen LogP contribution in [0.5, 0.6) is 0 Å². The Morgan fingerprint density at radius 1 is 1.50 bits per heavy atom. The standard InChI is InChI=1S/C13H18F2N4O/c14-11(15)7-19(4-5-20)13-9(12(16)17)6-8-2-1-3-10(8)18-13/h6,11,20H,1-5,7H2,(H3,16,17). The van der Waals surface area contributed by atoms with E-state index in [4.69, 9.17) is 16.2 Å². The maximum atomic E-state index is 12.7. The summed E-state index contributed by atoms with van der Waals surface area (Å²) in [5.41, 5.74) is 7.81. The molecule has 0 spiro atoms. The zero-order valence-electron chi connectivity index (χ0n) is 11.1. The fourth-order valence-electron chi connectivity index (χ4n) is 2.47. The van der Waals surface area contributed by atoms with E-state index in [0.29, 0.717) is 5.56 Å². The van der Waals surface area contributed by atoms with Crippen LogP contribution in [0.2, 0.25) is 0 Å². The summed E-state index contributed by atoms with van der Waals surface area (Å²) >= 11 is 0. The smallest absolute Gasteiger partial charge is 0.255 e. The van der Waals surface area contributed by atoms with Crippen LogP contribution in [0.25, 0.3) is 0 Å². The number of aliphatic hydroxyl groups is 1. The van der Waals surface area contributed by atoms with E-state index >= 15 is 0 Å². The number of fused-ring (bicyclic) bond motifs is 1. The van der Waals surface area contributed by atoms with Gasteiger partial charge in [-0.25, -0.2) is 13.8 Å². The zero-order chi connectivity index (χ0) is 14.7. The second-order valence-corrected chi connectivity index (χ2v) is 4.79. The molecule has 0 bridgehead atoms. The Kier molecular flexibility index (Phi) is 4.49. The molecule has 0 unspecified atom stereocenters. The molecule has 0 saturated carbocycles. The van der Waals surface area contributed by atoms with Crippen molar-refractivity contribution >= 4 is 11.7 Å². The molecule has 1 aliphatic rings. The van der Waals surface area contributed by atoms with E-state index in [1.165, 1.54) is 4.90 Å². The Bertz CT molecular complexity index is 507. The maximum Gasteiger partial charge on any atom is 0.255 e. The summed E-state index contributed by atoms with van der Waals surface area (Å²) in [7, 11) is 0. The quantitative estimate of drug-likeness (QED) is 0.535. The van der Waals surface area contributed by atoms with Crippen LogP contribution in [-0.4, -0.2) is 42.0 Å².